The lowest BCUT2D eigenvalue weighted by Crippen LogP contribution is -2.53. The van der Waals surface area contributed by atoms with Crippen molar-refractivity contribution < 1.29 is 9.47 Å². The molecule has 1 radical (unpaired) electrons. The number of fused-ring (bicyclic) bond motifs is 5. The van der Waals surface area contributed by atoms with Gasteiger partial charge in [-0.2, -0.15) is 0 Å². The summed E-state index contributed by atoms with van der Waals surface area (Å²) in [6.07, 6.45) is 14.2. The number of ether oxygens (including phenoxy) is 2. The molecule has 8 atom stereocenters. The van der Waals surface area contributed by atoms with Crippen LogP contribution in [0.15, 0.2) is 0 Å². The van der Waals surface area contributed by atoms with E-state index in [0.29, 0.717) is 16.7 Å². The average Bonchev–Trinajstić information content (AvgIpc) is 2.98. The first-order chi connectivity index (χ1) is 11.5. The molecule has 0 aromatic carbocycles. The molecule has 2 heteroatoms. The van der Waals surface area contributed by atoms with Gasteiger partial charge in [-0.3, -0.25) is 0 Å². The number of hydrogen-bond donors (Lipinski definition) is 0. The Balaban J connectivity index is 1.52. The highest BCUT2D eigenvalue weighted by Crippen LogP contribution is 2.66. The highest BCUT2D eigenvalue weighted by molar-refractivity contribution is 5.07. The van der Waals surface area contributed by atoms with E-state index in [-0.39, 0.29) is 6.29 Å². The van der Waals surface area contributed by atoms with Crippen molar-refractivity contribution in [2.45, 2.75) is 84.3 Å². The van der Waals surface area contributed by atoms with Crippen LogP contribution < -0.4 is 0 Å². The highest BCUT2D eigenvalue weighted by Gasteiger charge is 2.58. The normalized spacial score (nSPS) is 51.1. The Labute approximate surface area is 149 Å². The second kappa shape index (κ2) is 6.27. The summed E-state index contributed by atoms with van der Waals surface area (Å²) >= 11 is 0. The maximum absolute atomic E-state index is 5.54. The third-order valence-corrected chi connectivity index (χ3v) is 9.27. The van der Waals surface area contributed by atoms with Gasteiger partial charge in [0.1, 0.15) is 0 Å². The summed E-state index contributed by atoms with van der Waals surface area (Å²) in [6, 6.07) is 0. The predicted molar refractivity (Wildman–Crippen MR) is 97.1 cm³/mol. The van der Waals surface area contributed by atoms with Gasteiger partial charge in [0, 0.05) is 13.0 Å². The minimum Gasteiger partial charge on any atom is -0.356 e. The van der Waals surface area contributed by atoms with Gasteiger partial charge >= 0.3 is 0 Å². The number of rotatable bonds is 3. The molecule has 4 fully saturated rings. The van der Waals surface area contributed by atoms with Gasteiger partial charge in [-0.05, 0) is 92.3 Å². The average molecular weight is 334 g/mol. The quantitative estimate of drug-likeness (QED) is 0.606. The summed E-state index contributed by atoms with van der Waals surface area (Å²) < 4.78 is 10.9. The van der Waals surface area contributed by atoms with Gasteiger partial charge < -0.3 is 9.47 Å². The Hall–Kier alpha value is -0.0800. The van der Waals surface area contributed by atoms with Gasteiger partial charge in [-0.1, -0.05) is 20.3 Å². The second-order valence-corrected chi connectivity index (χ2v) is 10.0. The minimum absolute atomic E-state index is 0.100. The molecule has 4 rings (SSSR count). The molecule has 0 heterocycles. The Bertz CT molecular complexity index is 459. The molecule has 0 bridgehead atoms. The molecule has 4 aliphatic carbocycles. The van der Waals surface area contributed by atoms with Crippen molar-refractivity contribution in [1.29, 1.82) is 0 Å². The molecule has 0 aromatic heterocycles. The first-order valence-corrected chi connectivity index (χ1v) is 10.5. The summed E-state index contributed by atoms with van der Waals surface area (Å²) in [7, 11) is 5.40. The van der Waals surface area contributed by atoms with E-state index in [4.69, 9.17) is 9.47 Å². The largest absolute Gasteiger partial charge is 0.356 e. The van der Waals surface area contributed by atoms with Crippen LogP contribution in [0.3, 0.4) is 0 Å². The zero-order valence-electron chi connectivity index (χ0n) is 16.1. The summed E-state index contributed by atoms with van der Waals surface area (Å²) in [5.74, 6) is 4.45. The molecular weight excluding hydrogens is 296 g/mol. The molecule has 0 aromatic rings. The van der Waals surface area contributed by atoms with Crippen molar-refractivity contribution in [3.8, 4) is 0 Å². The van der Waals surface area contributed by atoms with E-state index >= 15 is 0 Å². The lowest BCUT2D eigenvalue weighted by molar-refractivity contribution is -0.166. The van der Waals surface area contributed by atoms with E-state index in [1.165, 1.54) is 64.2 Å². The second-order valence-electron chi connectivity index (χ2n) is 10.0. The van der Waals surface area contributed by atoms with Crippen LogP contribution in [0.1, 0.15) is 78.1 Å². The molecule has 0 N–H and O–H groups in total. The first-order valence-electron chi connectivity index (χ1n) is 10.5. The maximum atomic E-state index is 5.54. The lowest BCUT2D eigenvalue weighted by Gasteiger charge is -2.61. The number of methoxy groups -OCH3 is 1. The van der Waals surface area contributed by atoms with E-state index in [1.54, 1.807) is 7.11 Å². The van der Waals surface area contributed by atoms with Crippen LogP contribution in [0.2, 0.25) is 0 Å². The van der Waals surface area contributed by atoms with Crippen molar-refractivity contribution in [2.75, 3.05) is 7.11 Å². The molecule has 2 nitrogen and oxygen atoms in total. The van der Waals surface area contributed by atoms with Crippen LogP contribution in [0.4, 0.5) is 0 Å². The fourth-order valence-electron chi connectivity index (χ4n) is 7.93. The molecule has 137 valence electrons. The molecule has 0 saturated heterocycles. The van der Waals surface area contributed by atoms with Crippen LogP contribution in [0.25, 0.3) is 0 Å². The van der Waals surface area contributed by atoms with Crippen molar-refractivity contribution in [3.63, 3.8) is 0 Å². The zero-order valence-corrected chi connectivity index (χ0v) is 16.1. The minimum atomic E-state index is -0.100. The summed E-state index contributed by atoms with van der Waals surface area (Å²) in [6.45, 7) is 5.26. The Morgan fingerprint density at radius 3 is 2.54 bits per heavy atom. The monoisotopic (exact) mass is 333 g/mol. The third kappa shape index (κ3) is 2.50. The van der Waals surface area contributed by atoms with Gasteiger partial charge in [0.2, 0.25) is 0 Å². The van der Waals surface area contributed by atoms with E-state index in [2.05, 4.69) is 21.0 Å². The van der Waals surface area contributed by atoms with Gasteiger partial charge in [0.25, 0.3) is 0 Å². The van der Waals surface area contributed by atoms with Gasteiger partial charge in [0.15, 0.2) is 6.29 Å². The molecular formula is C22H37O2. The first kappa shape index (κ1) is 17.3. The Morgan fingerprint density at radius 1 is 0.958 bits per heavy atom. The summed E-state index contributed by atoms with van der Waals surface area (Å²) in [5, 5.41) is 0. The van der Waals surface area contributed by atoms with Crippen LogP contribution in [-0.2, 0) is 9.47 Å². The molecule has 6 unspecified atom stereocenters. The summed E-state index contributed by atoms with van der Waals surface area (Å²) in [5.41, 5.74) is 1.26. The van der Waals surface area contributed by atoms with Gasteiger partial charge in [-0.15, -0.1) is 0 Å². The lowest BCUT2D eigenvalue weighted by atomic mass is 9.44. The zero-order chi connectivity index (χ0) is 16.9. The molecule has 4 saturated carbocycles. The van der Waals surface area contributed by atoms with Crippen molar-refractivity contribution in [2.24, 2.45) is 40.4 Å². The van der Waals surface area contributed by atoms with E-state index in [0.717, 1.165) is 23.7 Å². The Morgan fingerprint density at radius 2 is 1.79 bits per heavy atom. The fraction of sp³-hybridized carbons (Fsp3) is 0.955. The van der Waals surface area contributed by atoms with Crippen LogP contribution in [-0.4, -0.2) is 13.4 Å². The van der Waals surface area contributed by atoms with Crippen molar-refractivity contribution in [3.05, 3.63) is 7.11 Å². The summed E-state index contributed by atoms with van der Waals surface area (Å²) in [4.78, 5) is 0. The standard InChI is InChI=1S/C22H37O2/c1-21-11-5-6-18(21)17-8-7-16-14-15(20(23-3)24-4)9-13-22(16,2)19(17)10-12-21/h15-20H,3,5-14H2,1-2,4H3/t15?,16?,17?,18?,19?,20?,21-,22-/m0/s1. The Kier molecular flexibility index (Phi) is 4.53. The molecule has 0 amide bonds. The maximum Gasteiger partial charge on any atom is 0.160 e. The van der Waals surface area contributed by atoms with Crippen LogP contribution in [0, 0.1) is 47.5 Å². The smallest absolute Gasteiger partial charge is 0.160 e. The topological polar surface area (TPSA) is 18.5 Å². The highest BCUT2D eigenvalue weighted by atomic mass is 16.7. The van der Waals surface area contributed by atoms with E-state index in [9.17, 15) is 0 Å². The third-order valence-electron chi connectivity index (χ3n) is 9.27. The molecule has 0 aliphatic heterocycles. The van der Waals surface area contributed by atoms with Crippen LogP contribution >= 0.6 is 0 Å². The van der Waals surface area contributed by atoms with E-state index < -0.39 is 0 Å². The van der Waals surface area contributed by atoms with Crippen LogP contribution in [0.5, 0.6) is 0 Å². The van der Waals surface area contributed by atoms with E-state index in [1.807, 2.05) is 0 Å². The van der Waals surface area contributed by atoms with Crippen molar-refractivity contribution >= 4 is 0 Å². The van der Waals surface area contributed by atoms with Crippen molar-refractivity contribution in [1.82, 2.24) is 0 Å². The molecule has 0 spiro atoms. The number of hydrogen-bond acceptors (Lipinski definition) is 2. The van der Waals surface area contributed by atoms with Gasteiger partial charge in [-0.25, -0.2) is 0 Å². The SMILES string of the molecule is [CH2]OC(OC)C1CC[C@@]2(C)C(CCC3C4CCC[C@@]4(C)CCC32)C1. The van der Waals surface area contributed by atoms with Gasteiger partial charge in [0.05, 0.1) is 7.11 Å². The molecule has 4 aliphatic rings. The predicted octanol–water partition coefficient (Wildman–Crippen LogP) is 5.82. The fourth-order valence-corrected chi connectivity index (χ4v) is 7.93. The molecule has 24 heavy (non-hydrogen) atoms.